The molecule has 29 heavy (non-hydrogen) atoms. The first-order chi connectivity index (χ1) is 13.7. The average molecular weight is 418 g/mol. The average Bonchev–Trinajstić information content (AvgIpc) is 3.24. The number of pyridine rings is 1. The molecule has 2 aromatic rings. The van der Waals surface area contributed by atoms with Crippen LogP contribution in [0.4, 0.5) is 0 Å². The van der Waals surface area contributed by atoms with E-state index in [4.69, 9.17) is 9.47 Å². The largest absolute Gasteiger partial charge is 0.462 e. The molecular formula is C21H24ClN3O4. The van der Waals surface area contributed by atoms with Crippen LogP contribution in [0.2, 0.25) is 0 Å². The van der Waals surface area contributed by atoms with Crippen molar-refractivity contribution in [2.45, 2.75) is 45.1 Å². The van der Waals surface area contributed by atoms with Crippen LogP contribution in [0.3, 0.4) is 0 Å². The Bertz CT molecular complexity index is 973. The lowest BCUT2D eigenvalue weighted by atomic mass is 9.95. The zero-order chi connectivity index (χ0) is 19.5. The van der Waals surface area contributed by atoms with Crippen molar-refractivity contribution in [3.8, 4) is 0 Å². The van der Waals surface area contributed by atoms with Crippen LogP contribution in [-0.2, 0) is 19.1 Å². The van der Waals surface area contributed by atoms with Gasteiger partial charge >= 0.3 is 5.97 Å². The maximum atomic E-state index is 12.9. The minimum absolute atomic E-state index is 0. The number of allylic oxidation sites excluding steroid dienone is 1. The van der Waals surface area contributed by atoms with Gasteiger partial charge in [0.2, 0.25) is 11.7 Å². The fraction of sp³-hybridized carbons (Fsp3) is 0.381. The third-order valence-electron chi connectivity index (χ3n) is 5.08. The van der Waals surface area contributed by atoms with Gasteiger partial charge in [0.15, 0.2) is 11.3 Å². The van der Waals surface area contributed by atoms with Crippen molar-refractivity contribution in [3.05, 3.63) is 47.3 Å². The Morgan fingerprint density at radius 3 is 2.93 bits per heavy atom. The minimum Gasteiger partial charge on any atom is -0.462 e. The molecule has 1 fully saturated rings. The molecule has 2 N–H and O–H groups in total. The summed E-state index contributed by atoms with van der Waals surface area (Å²) in [5.74, 6) is -0.810. The molecule has 0 atom stereocenters. The van der Waals surface area contributed by atoms with Gasteiger partial charge in [0.1, 0.15) is 5.65 Å². The molecule has 0 bridgehead atoms. The molecule has 3 heterocycles. The first kappa shape index (κ1) is 20.9. The van der Waals surface area contributed by atoms with Crippen molar-refractivity contribution in [1.29, 1.82) is 0 Å². The standard InChI is InChI=1S/C21H23N3O4.ClH/c1-2-27-21(26)17-18(25)16(28-20(17)24-14-7-4-3-5-8-14)11-13-12-23-19-15(13)9-6-10-22-19;/h6,9-12,14,24H,2-5,7-8H2,1H3,(H,22,23);1H. The first-order valence-corrected chi connectivity index (χ1v) is 9.71. The highest BCUT2D eigenvalue weighted by atomic mass is 35.5. The van der Waals surface area contributed by atoms with E-state index in [-0.39, 0.29) is 42.3 Å². The molecular weight excluding hydrogens is 394 g/mol. The molecule has 1 aliphatic heterocycles. The van der Waals surface area contributed by atoms with Gasteiger partial charge in [-0.2, -0.15) is 0 Å². The Balaban J connectivity index is 0.00000240. The van der Waals surface area contributed by atoms with Gasteiger partial charge in [-0.1, -0.05) is 19.3 Å². The minimum atomic E-state index is -0.658. The smallest absolute Gasteiger partial charge is 0.347 e. The van der Waals surface area contributed by atoms with Crippen molar-refractivity contribution in [3.63, 3.8) is 0 Å². The number of halogens is 1. The first-order valence-electron chi connectivity index (χ1n) is 9.71. The lowest BCUT2D eigenvalue weighted by Crippen LogP contribution is -2.32. The van der Waals surface area contributed by atoms with Gasteiger partial charge in [-0.05, 0) is 38.0 Å². The molecule has 0 amide bonds. The van der Waals surface area contributed by atoms with Gasteiger partial charge in [0.25, 0.3) is 0 Å². The monoisotopic (exact) mass is 417 g/mol. The number of aromatic nitrogens is 2. The number of carbonyl (C=O) groups excluding carboxylic acids is 2. The van der Waals surface area contributed by atoms with Gasteiger partial charge < -0.3 is 19.8 Å². The van der Waals surface area contributed by atoms with Crippen LogP contribution in [0.5, 0.6) is 0 Å². The highest BCUT2D eigenvalue weighted by Crippen LogP contribution is 2.29. The number of esters is 1. The summed E-state index contributed by atoms with van der Waals surface area (Å²) in [6.45, 7) is 1.90. The van der Waals surface area contributed by atoms with E-state index in [1.165, 1.54) is 6.42 Å². The van der Waals surface area contributed by atoms with Crippen molar-refractivity contribution in [2.75, 3.05) is 6.61 Å². The topological polar surface area (TPSA) is 93.3 Å². The van der Waals surface area contributed by atoms with Gasteiger partial charge in [0.05, 0.1) is 6.61 Å². The van der Waals surface area contributed by atoms with E-state index < -0.39 is 11.8 Å². The van der Waals surface area contributed by atoms with E-state index in [1.807, 2.05) is 12.1 Å². The second-order valence-electron chi connectivity index (χ2n) is 6.99. The highest BCUT2D eigenvalue weighted by molar-refractivity contribution is 6.26. The van der Waals surface area contributed by atoms with E-state index in [2.05, 4.69) is 15.3 Å². The lowest BCUT2D eigenvalue weighted by molar-refractivity contribution is -0.139. The molecule has 0 unspecified atom stereocenters. The van der Waals surface area contributed by atoms with E-state index >= 15 is 0 Å². The number of aromatic amines is 1. The second-order valence-corrected chi connectivity index (χ2v) is 6.99. The molecule has 0 radical (unpaired) electrons. The van der Waals surface area contributed by atoms with Crippen LogP contribution in [-0.4, -0.2) is 34.4 Å². The number of hydrogen-bond donors (Lipinski definition) is 2. The van der Waals surface area contributed by atoms with Crippen LogP contribution in [0.25, 0.3) is 17.1 Å². The number of nitrogens with zero attached hydrogens (tertiary/aromatic N) is 1. The maximum absolute atomic E-state index is 12.9. The maximum Gasteiger partial charge on any atom is 0.347 e. The number of fused-ring (bicyclic) bond motifs is 1. The summed E-state index contributed by atoms with van der Waals surface area (Å²) in [5.41, 5.74) is 1.43. The van der Waals surface area contributed by atoms with Gasteiger partial charge in [-0.15, -0.1) is 12.4 Å². The lowest BCUT2D eigenvalue weighted by Gasteiger charge is -2.24. The number of rotatable bonds is 5. The molecule has 1 saturated carbocycles. The van der Waals surface area contributed by atoms with E-state index in [0.29, 0.717) is 0 Å². The SMILES string of the molecule is CCOC(=O)C1=C(NC2CCCCC2)OC(=Cc2c[nH]c3ncccc23)C1=O.Cl. The van der Waals surface area contributed by atoms with Crippen LogP contribution in [0.15, 0.2) is 41.7 Å². The molecule has 0 aromatic carbocycles. The molecule has 4 rings (SSSR count). The summed E-state index contributed by atoms with van der Waals surface area (Å²) in [6, 6.07) is 3.93. The number of carbonyl (C=O) groups is 2. The Labute approximate surface area is 175 Å². The highest BCUT2D eigenvalue weighted by Gasteiger charge is 2.37. The summed E-state index contributed by atoms with van der Waals surface area (Å²) in [6.07, 6.45) is 10.5. The Morgan fingerprint density at radius 1 is 1.38 bits per heavy atom. The van der Waals surface area contributed by atoms with E-state index in [1.54, 1.807) is 25.4 Å². The van der Waals surface area contributed by atoms with Crippen molar-refractivity contribution < 1.29 is 19.1 Å². The zero-order valence-corrected chi connectivity index (χ0v) is 17.0. The number of Topliss-reactive ketones (excluding diaryl/α,β-unsaturated/α-hetero) is 1. The quantitative estimate of drug-likeness (QED) is 0.438. The zero-order valence-electron chi connectivity index (χ0n) is 16.2. The van der Waals surface area contributed by atoms with Crippen LogP contribution in [0, 0.1) is 0 Å². The third kappa shape index (κ3) is 4.29. The van der Waals surface area contributed by atoms with Crippen LogP contribution < -0.4 is 5.32 Å². The van der Waals surface area contributed by atoms with Crippen LogP contribution >= 0.6 is 12.4 Å². The summed E-state index contributed by atoms with van der Waals surface area (Å²) < 4.78 is 10.9. The van der Waals surface area contributed by atoms with E-state index in [9.17, 15) is 9.59 Å². The molecule has 0 saturated heterocycles. The number of ether oxygens (including phenoxy) is 2. The van der Waals surface area contributed by atoms with E-state index in [0.717, 1.165) is 42.3 Å². The fourth-order valence-corrected chi connectivity index (χ4v) is 3.69. The summed E-state index contributed by atoms with van der Waals surface area (Å²) in [4.78, 5) is 32.6. The fourth-order valence-electron chi connectivity index (χ4n) is 3.69. The number of ketones is 1. The number of nitrogens with one attached hydrogen (secondary N) is 2. The Kier molecular flexibility index (Phi) is 6.59. The summed E-state index contributed by atoms with van der Waals surface area (Å²) in [5, 5.41) is 4.13. The van der Waals surface area contributed by atoms with Crippen molar-refractivity contribution >= 4 is 41.3 Å². The van der Waals surface area contributed by atoms with Crippen molar-refractivity contribution in [2.24, 2.45) is 0 Å². The van der Waals surface area contributed by atoms with Gasteiger partial charge in [-0.3, -0.25) is 4.79 Å². The Hall–Kier alpha value is -2.80. The predicted molar refractivity (Wildman–Crippen MR) is 111 cm³/mol. The molecule has 154 valence electrons. The summed E-state index contributed by atoms with van der Waals surface area (Å²) >= 11 is 0. The normalized spacial score (nSPS) is 18.7. The molecule has 2 aliphatic rings. The third-order valence-corrected chi connectivity index (χ3v) is 5.08. The number of hydrogen-bond acceptors (Lipinski definition) is 6. The molecule has 0 spiro atoms. The Morgan fingerprint density at radius 2 is 2.17 bits per heavy atom. The second kappa shape index (κ2) is 9.13. The van der Waals surface area contributed by atoms with Gasteiger partial charge in [-0.25, -0.2) is 9.78 Å². The number of H-pyrrole nitrogens is 1. The van der Waals surface area contributed by atoms with Crippen LogP contribution in [0.1, 0.15) is 44.6 Å². The van der Waals surface area contributed by atoms with Gasteiger partial charge in [0, 0.05) is 29.4 Å². The molecule has 7 nitrogen and oxygen atoms in total. The molecule has 8 heteroatoms. The molecule has 1 aliphatic carbocycles. The van der Waals surface area contributed by atoms with Crippen molar-refractivity contribution in [1.82, 2.24) is 15.3 Å². The summed E-state index contributed by atoms with van der Waals surface area (Å²) in [7, 11) is 0. The molecule has 2 aromatic heterocycles. The predicted octanol–water partition coefficient (Wildman–Crippen LogP) is 3.62.